The molecule has 4 aromatic carbocycles. The zero-order valence-corrected chi connectivity index (χ0v) is 44.5. The fourth-order valence-corrected chi connectivity index (χ4v) is 10.5. The molecule has 10 heteroatoms. The molecule has 368 valence electrons. The van der Waals surface area contributed by atoms with Crippen molar-refractivity contribution in [3.8, 4) is 22.9 Å². The third kappa shape index (κ3) is 10.4. The van der Waals surface area contributed by atoms with Gasteiger partial charge in [0.1, 0.15) is 0 Å². The summed E-state index contributed by atoms with van der Waals surface area (Å²) in [5.74, 6) is 1.00. The van der Waals surface area contributed by atoms with Crippen molar-refractivity contribution in [1.82, 2.24) is 10.2 Å². The van der Waals surface area contributed by atoms with Gasteiger partial charge in [-0.1, -0.05) is 148 Å². The highest BCUT2D eigenvalue weighted by atomic mass is 16.7. The molecule has 69 heavy (non-hydrogen) atoms. The molecule has 5 aromatic rings. The molecule has 2 fully saturated rings. The molecule has 0 N–H and O–H groups in total. The average molecular weight is 934 g/mol. The molecule has 2 saturated heterocycles. The van der Waals surface area contributed by atoms with E-state index < -0.39 is 36.6 Å². The average Bonchev–Trinajstić information content (AvgIpc) is 3.95. The molecule has 1 aromatic heterocycles. The molecule has 0 bridgehead atoms. The summed E-state index contributed by atoms with van der Waals surface area (Å²) < 4.78 is 33.6. The summed E-state index contributed by atoms with van der Waals surface area (Å²) in [4.78, 5) is 2.47. The maximum atomic E-state index is 6.80. The Hall–Kier alpha value is -4.21. The lowest BCUT2D eigenvalue weighted by atomic mass is 9.62. The third-order valence-corrected chi connectivity index (χ3v) is 16.3. The van der Waals surface area contributed by atoms with E-state index in [9.17, 15) is 0 Å². The second-order valence-electron chi connectivity index (χ2n) is 23.5. The number of hydrogen-bond acceptors (Lipinski definition) is 8. The molecule has 3 aliphatic rings. The summed E-state index contributed by atoms with van der Waals surface area (Å²) in [6, 6.07) is 31.1. The Labute approximate surface area is 416 Å². The highest BCUT2D eigenvalue weighted by Crippen LogP contribution is 2.56. The first-order valence-electron chi connectivity index (χ1n) is 26.6. The van der Waals surface area contributed by atoms with Gasteiger partial charge in [0.25, 0.3) is 0 Å². The van der Waals surface area contributed by atoms with Crippen LogP contribution in [-0.2, 0) is 29.4 Å². The van der Waals surface area contributed by atoms with Crippen molar-refractivity contribution < 1.29 is 23.0 Å². The van der Waals surface area contributed by atoms with Gasteiger partial charge in [-0.05, 0) is 150 Å². The second kappa shape index (κ2) is 20.1. The van der Waals surface area contributed by atoms with Crippen molar-refractivity contribution in [3.05, 3.63) is 102 Å². The number of unbranched alkanes of at least 4 members (excludes halogenated alkanes) is 10. The molecule has 4 heterocycles. The van der Waals surface area contributed by atoms with E-state index in [1.165, 1.54) is 92.3 Å². The molecule has 8 rings (SSSR count). The minimum atomic E-state index is -0.484. The lowest BCUT2D eigenvalue weighted by Crippen LogP contribution is -2.42. The van der Waals surface area contributed by atoms with Gasteiger partial charge in [-0.2, -0.15) is 0 Å². The monoisotopic (exact) mass is 934 g/mol. The zero-order chi connectivity index (χ0) is 49.4. The van der Waals surface area contributed by atoms with Gasteiger partial charge in [-0.15, -0.1) is 10.2 Å². The molecule has 0 radical (unpaired) electrons. The van der Waals surface area contributed by atoms with E-state index in [0.29, 0.717) is 11.8 Å². The van der Waals surface area contributed by atoms with E-state index in [-0.39, 0.29) is 10.8 Å². The standard InChI is InChI=1S/C59H81B2N3O5/c1-14-16-18-20-22-24-38-59(39-25-23-21-19-17-15-2)48-40-45(60-66-55(6,7)56(8,9)67-60)32-36-50(48)64(51-37-33-46(41-49(51)59)61-68-57(10,11)58(12,13)69-61)47-34-28-43(29-35-47)53-63-62-52(65-53)42-26-30-44(31-27-42)54(3,4)5/h26-37,40-41H,14-25,38-39H2,1-13H3. The first-order valence-corrected chi connectivity index (χ1v) is 26.6. The van der Waals surface area contributed by atoms with Crippen LogP contribution in [0.4, 0.5) is 17.1 Å². The van der Waals surface area contributed by atoms with Crippen LogP contribution in [0, 0.1) is 0 Å². The van der Waals surface area contributed by atoms with Crippen molar-refractivity contribution in [3.63, 3.8) is 0 Å². The number of benzene rings is 4. The van der Waals surface area contributed by atoms with Crippen molar-refractivity contribution in [2.45, 2.75) is 213 Å². The number of hydrogen-bond donors (Lipinski definition) is 0. The van der Waals surface area contributed by atoms with Crippen LogP contribution in [0.3, 0.4) is 0 Å². The molecule has 3 aliphatic heterocycles. The molecule has 0 atom stereocenters. The third-order valence-electron chi connectivity index (χ3n) is 16.3. The van der Waals surface area contributed by atoms with Crippen LogP contribution in [0.2, 0.25) is 0 Å². The molecule has 0 saturated carbocycles. The maximum Gasteiger partial charge on any atom is 0.494 e. The Kier molecular flexibility index (Phi) is 14.9. The second-order valence-corrected chi connectivity index (χ2v) is 23.5. The Bertz CT molecular complexity index is 2380. The van der Waals surface area contributed by atoms with Gasteiger partial charge in [0.05, 0.1) is 33.8 Å². The van der Waals surface area contributed by atoms with E-state index >= 15 is 0 Å². The molecular formula is C59H81B2N3O5. The van der Waals surface area contributed by atoms with E-state index in [0.717, 1.165) is 53.4 Å². The van der Waals surface area contributed by atoms with E-state index in [1.807, 2.05) is 0 Å². The number of rotatable bonds is 19. The number of anilines is 3. The van der Waals surface area contributed by atoms with Crippen LogP contribution < -0.4 is 15.8 Å². The highest BCUT2D eigenvalue weighted by molar-refractivity contribution is 6.62. The van der Waals surface area contributed by atoms with Gasteiger partial charge < -0.3 is 27.9 Å². The Morgan fingerprint density at radius 2 is 0.855 bits per heavy atom. The van der Waals surface area contributed by atoms with E-state index in [1.54, 1.807) is 0 Å². The van der Waals surface area contributed by atoms with Gasteiger partial charge in [0, 0.05) is 22.2 Å². The van der Waals surface area contributed by atoms with Crippen LogP contribution >= 0.6 is 0 Å². The highest BCUT2D eigenvalue weighted by Gasteiger charge is 2.54. The van der Waals surface area contributed by atoms with Crippen LogP contribution in [-0.4, -0.2) is 46.8 Å². The lowest BCUT2D eigenvalue weighted by molar-refractivity contribution is 0.00578. The topological polar surface area (TPSA) is 79.1 Å². The molecule has 0 aliphatic carbocycles. The van der Waals surface area contributed by atoms with Crippen molar-refractivity contribution in [2.75, 3.05) is 4.90 Å². The summed E-state index contributed by atoms with van der Waals surface area (Å²) >= 11 is 0. The predicted octanol–water partition coefficient (Wildman–Crippen LogP) is 14.9. The summed E-state index contributed by atoms with van der Waals surface area (Å²) in [5, 5.41) is 9.01. The molecule has 8 nitrogen and oxygen atoms in total. The minimum absolute atomic E-state index is 0.0594. The quantitative estimate of drug-likeness (QED) is 0.0598. The van der Waals surface area contributed by atoms with Crippen molar-refractivity contribution in [2.24, 2.45) is 0 Å². The van der Waals surface area contributed by atoms with Gasteiger partial charge >= 0.3 is 14.2 Å². The summed E-state index contributed by atoms with van der Waals surface area (Å²) in [5.41, 5.74) is 9.17. The summed E-state index contributed by atoms with van der Waals surface area (Å²) in [7, 11) is -0.968. The largest absolute Gasteiger partial charge is 0.494 e. The molecule has 0 unspecified atom stereocenters. The molecular weight excluding hydrogens is 852 g/mol. The number of aromatic nitrogens is 2. The van der Waals surface area contributed by atoms with Gasteiger partial charge in [0.2, 0.25) is 11.8 Å². The van der Waals surface area contributed by atoms with Gasteiger partial charge in [-0.25, -0.2) is 0 Å². The van der Waals surface area contributed by atoms with Crippen LogP contribution in [0.1, 0.15) is 197 Å². The first-order chi connectivity index (χ1) is 32.7. The van der Waals surface area contributed by atoms with Gasteiger partial charge in [-0.3, -0.25) is 0 Å². The fourth-order valence-electron chi connectivity index (χ4n) is 10.5. The van der Waals surface area contributed by atoms with Crippen LogP contribution in [0.5, 0.6) is 0 Å². The number of nitrogens with zero attached hydrogens (tertiary/aromatic N) is 3. The summed E-state index contributed by atoms with van der Waals surface area (Å²) in [6.45, 7) is 28.4. The Morgan fingerprint density at radius 1 is 0.478 bits per heavy atom. The Morgan fingerprint density at radius 3 is 1.25 bits per heavy atom. The van der Waals surface area contributed by atoms with Crippen LogP contribution in [0.25, 0.3) is 22.9 Å². The zero-order valence-electron chi connectivity index (χ0n) is 44.5. The van der Waals surface area contributed by atoms with Gasteiger partial charge in [0.15, 0.2) is 0 Å². The fraction of sp³-hybridized carbons (Fsp3) is 0.559. The number of fused-ring (bicyclic) bond motifs is 2. The molecule has 0 amide bonds. The SMILES string of the molecule is CCCCCCCCC1(CCCCCCCC)c2cc(B3OC(C)(C)C(C)(C)O3)ccc2N(c2ccc(-c3nnc(-c4ccc(C(C)(C)C)cc4)o3)cc2)c2ccc(B3OC(C)(C)C(C)(C)O3)cc21. The van der Waals surface area contributed by atoms with E-state index in [4.69, 9.17) is 23.0 Å². The predicted molar refractivity (Wildman–Crippen MR) is 287 cm³/mol. The smallest absolute Gasteiger partial charge is 0.416 e. The van der Waals surface area contributed by atoms with E-state index in [2.05, 4.69) is 190 Å². The van der Waals surface area contributed by atoms with Crippen molar-refractivity contribution in [1.29, 1.82) is 0 Å². The summed E-state index contributed by atoms with van der Waals surface area (Å²) in [6.07, 6.45) is 16.9. The minimum Gasteiger partial charge on any atom is -0.416 e. The van der Waals surface area contributed by atoms with Crippen LogP contribution in [0.15, 0.2) is 89.3 Å². The first kappa shape index (κ1) is 51.2. The van der Waals surface area contributed by atoms with Crippen molar-refractivity contribution >= 4 is 42.2 Å². The normalized spacial score (nSPS) is 18.7. The Balaban J connectivity index is 1.25. The lowest BCUT2D eigenvalue weighted by Gasteiger charge is -2.47. The molecule has 0 spiro atoms. The maximum absolute atomic E-state index is 6.80.